The third-order valence-corrected chi connectivity index (χ3v) is 6.11. The number of anilines is 1. The molecule has 0 unspecified atom stereocenters. The topological polar surface area (TPSA) is 73.2 Å². The van der Waals surface area contributed by atoms with Crippen LogP contribution < -0.4 is 5.32 Å². The van der Waals surface area contributed by atoms with Gasteiger partial charge in [0.25, 0.3) is 5.91 Å². The number of para-hydroxylation sites is 1. The van der Waals surface area contributed by atoms with Crippen molar-refractivity contribution in [1.29, 1.82) is 0 Å². The first-order valence-corrected chi connectivity index (χ1v) is 10.9. The number of fused-ring (bicyclic) bond motifs is 1. The maximum atomic E-state index is 13.2. The predicted octanol–water partition coefficient (Wildman–Crippen LogP) is 5.19. The van der Waals surface area contributed by atoms with Crippen molar-refractivity contribution in [3.63, 3.8) is 0 Å². The maximum Gasteiger partial charge on any atom is 0.355 e. The number of benzene rings is 2. The molecule has 1 N–H and O–H groups in total. The Morgan fingerprint density at radius 1 is 1.06 bits per heavy atom. The van der Waals surface area contributed by atoms with Gasteiger partial charge in [0.15, 0.2) is 5.13 Å². The molecule has 0 radical (unpaired) electrons. The molecule has 2 heterocycles. The summed E-state index contributed by atoms with van der Waals surface area (Å²) >= 11 is 1.42. The first kappa shape index (κ1) is 20.8. The summed E-state index contributed by atoms with van der Waals surface area (Å²) in [5.41, 5.74) is 4.05. The summed E-state index contributed by atoms with van der Waals surface area (Å²) in [7, 11) is 0. The lowest BCUT2D eigenvalue weighted by Gasteiger charge is -2.12. The Morgan fingerprint density at radius 3 is 2.48 bits per heavy atom. The molecule has 1 amide bonds. The highest BCUT2D eigenvalue weighted by molar-refractivity contribution is 7.22. The number of nitrogens with zero attached hydrogens (tertiary/aromatic N) is 2. The van der Waals surface area contributed by atoms with Gasteiger partial charge in [0.2, 0.25) is 0 Å². The van der Waals surface area contributed by atoms with Gasteiger partial charge in [-0.3, -0.25) is 10.1 Å². The molecule has 4 rings (SSSR count). The Hall–Kier alpha value is -3.45. The third-order valence-electron chi connectivity index (χ3n) is 5.16. The van der Waals surface area contributed by atoms with Crippen molar-refractivity contribution in [2.45, 2.75) is 27.3 Å². The number of carbonyl (C=O) groups excluding carboxylic acids is 2. The molecular weight excluding hydrogens is 410 g/mol. The molecule has 0 fully saturated rings. The Morgan fingerprint density at radius 2 is 1.77 bits per heavy atom. The van der Waals surface area contributed by atoms with Gasteiger partial charge in [-0.1, -0.05) is 53.8 Å². The lowest BCUT2D eigenvalue weighted by atomic mass is 10.1. The standard InChI is InChI=1S/C24H23N3O3S/c1-4-30-23(29)21-15(2)20(16(3)27(21)14-17-10-6-5-7-11-17)22(28)26-24-25-18-12-8-9-13-19(18)31-24/h5-13H,4,14H2,1-3H3,(H,25,26,28). The van der Waals surface area contributed by atoms with Gasteiger partial charge in [-0.05, 0) is 44.0 Å². The van der Waals surface area contributed by atoms with E-state index in [9.17, 15) is 9.59 Å². The molecule has 31 heavy (non-hydrogen) atoms. The lowest BCUT2D eigenvalue weighted by molar-refractivity contribution is 0.0513. The van der Waals surface area contributed by atoms with Crippen LogP contribution >= 0.6 is 11.3 Å². The number of esters is 1. The Labute approximate surface area is 184 Å². The van der Waals surface area contributed by atoms with Gasteiger partial charge in [0, 0.05) is 12.2 Å². The van der Waals surface area contributed by atoms with Gasteiger partial charge in [0.1, 0.15) is 5.69 Å². The van der Waals surface area contributed by atoms with Crippen LogP contribution in [0.5, 0.6) is 0 Å². The zero-order chi connectivity index (χ0) is 22.0. The molecule has 0 aliphatic heterocycles. The van der Waals surface area contributed by atoms with Crippen LogP contribution in [0.2, 0.25) is 0 Å². The van der Waals surface area contributed by atoms with E-state index >= 15 is 0 Å². The number of amides is 1. The van der Waals surface area contributed by atoms with Gasteiger partial charge in [-0.2, -0.15) is 0 Å². The lowest BCUT2D eigenvalue weighted by Crippen LogP contribution is -2.15. The molecule has 2 aromatic heterocycles. The van der Waals surface area contributed by atoms with Gasteiger partial charge in [-0.15, -0.1) is 0 Å². The van der Waals surface area contributed by atoms with Crippen LogP contribution in [0.4, 0.5) is 5.13 Å². The maximum absolute atomic E-state index is 13.2. The second kappa shape index (κ2) is 8.73. The molecule has 0 saturated carbocycles. The fraction of sp³-hybridized carbons (Fsp3) is 0.208. The van der Waals surface area contributed by atoms with E-state index in [1.807, 2.05) is 66.1 Å². The number of hydrogen-bond donors (Lipinski definition) is 1. The molecule has 0 saturated heterocycles. The van der Waals surface area contributed by atoms with E-state index in [4.69, 9.17) is 4.74 Å². The minimum atomic E-state index is -0.432. The quantitative estimate of drug-likeness (QED) is 0.425. The number of ether oxygens (including phenoxy) is 1. The van der Waals surface area contributed by atoms with Crippen LogP contribution in [0.1, 0.15) is 44.6 Å². The summed E-state index contributed by atoms with van der Waals surface area (Å²) in [6.45, 7) is 6.14. The normalized spacial score (nSPS) is 10.9. The first-order chi connectivity index (χ1) is 15.0. The average Bonchev–Trinajstić information content (AvgIpc) is 3.26. The van der Waals surface area contributed by atoms with Crippen LogP contribution in [-0.4, -0.2) is 28.0 Å². The van der Waals surface area contributed by atoms with E-state index in [1.165, 1.54) is 11.3 Å². The summed E-state index contributed by atoms with van der Waals surface area (Å²) in [6.07, 6.45) is 0. The Kier molecular flexibility index (Phi) is 5.86. The second-order valence-corrected chi connectivity index (χ2v) is 8.20. The van der Waals surface area contributed by atoms with Gasteiger partial charge in [0.05, 0.1) is 22.4 Å². The van der Waals surface area contributed by atoms with E-state index in [0.717, 1.165) is 15.8 Å². The van der Waals surface area contributed by atoms with E-state index in [-0.39, 0.29) is 12.5 Å². The number of aromatic nitrogens is 2. The molecule has 7 heteroatoms. The SMILES string of the molecule is CCOC(=O)c1c(C)c(C(=O)Nc2nc3ccccc3s2)c(C)n1Cc1ccccc1. The van der Waals surface area contributed by atoms with E-state index < -0.39 is 5.97 Å². The van der Waals surface area contributed by atoms with Crippen molar-refractivity contribution in [3.8, 4) is 0 Å². The zero-order valence-electron chi connectivity index (χ0n) is 17.6. The van der Waals surface area contributed by atoms with E-state index in [2.05, 4.69) is 10.3 Å². The highest BCUT2D eigenvalue weighted by Crippen LogP contribution is 2.29. The Balaban J connectivity index is 1.73. The van der Waals surface area contributed by atoms with Gasteiger partial charge in [-0.25, -0.2) is 9.78 Å². The minimum absolute atomic E-state index is 0.265. The van der Waals surface area contributed by atoms with Crippen molar-refractivity contribution in [2.24, 2.45) is 0 Å². The zero-order valence-corrected chi connectivity index (χ0v) is 18.5. The molecule has 0 bridgehead atoms. The smallest absolute Gasteiger partial charge is 0.355 e. The first-order valence-electron chi connectivity index (χ1n) is 10.1. The molecule has 0 spiro atoms. The van der Waals surface area contributed by atoms with Crippen LogP contribution in [-0.2, 0) is 11.3 Å². The van der Waals surface area contributed by atoms with Crippen molar-refractivity contribution in [1.82, 2.24) is 9.55 Å². The van der Waals surface area contributed by atoms with Gasteiger partial charge >= 0.3 is 5.97 Å². The Bertz CT molecular complexity index is 1230. The summed E-state index contributed by atoms with van der Waals surface area (Å²) in [4.78, 5) is 30.5. The second-order valence-electron chi connectivity index (χ2n) is 7.17. The largest absolute Gasteiger partial charge is 0.461 e. The summed E-state index contributed by atoms with van der Waals surface area (Å²) in [5, 5.41) is 3.43. The molecule has 2 aromatic carbocycles. The fourth-order valence-corrected chi connectivity index (χ4v) is 4.60. The molecule has 0 atom stereocenters. The average molecular weight is 434 g/mol. The highest BCUT2D eigenvalue weighted by atomic mass is 32.1. The molecule has 4 aromatic rings. The summed E-state index contributed by atoms with van der Waals surface area (Å²) < 4.78 is 8.15. The van der Waals surface area contributed by atoms with Crippen molar-refractivity contribution >= 4 is 38.6 Å². The van der Waals surface area contributed by atoms with Crippen LogP contribution in [0.25, 0.3) is 10.2 Å². The number of carbonyl (C=O) groups is 2. The molecule has 0 aliphatic carbocycles. The molecular formula is C24H23N3O3S. The van der Waals surface area contributed by atoms with Crippen LogP contribution in [0, 0.1) is 13.8 Å². The predicted molar refractivity (Wildman–Crippen MR) is 123 cm³/mol. The number of nitrogens with one attached hydrogen (secondary N) is 1. The van der Waals surface area contributed by atoms with E-state index in [0.29, 0.717) is 34.2 Å². The molecule has 0 aliphatic rings. The number of rotatable bonds is 6. The van der Waals surface area contributed by atoms with Crippen molar-refractivity contribution in [3.05, 3.63) is 82.7 Å². The molecule has 6 nitrogen and oxygen atoms in total. The number of hydrogen-bond acceptors (Lipinski definition) is 5. The van der Waals surface area contributed by atoms with Gasteiger partial charge < -0.3 is 9.30 Å². The van der Waals surface area contributed by atoms with Crippen molar-refractivity contribution < 1.29 is 14.3 Å². The van der Waals surface area contributed by atoms with Crippen LogP contribution in [0.3, 0.4) is 0 Å². The van der Waals surface area contributed by atoms with Crippen molar-refractivity contribution in [2.75, 3.05) is 11.9 Å². The third kappa shape index (κ3) is 4.09. The molecule has 158 valence electrons. The fourth-order valence-electron chi connectivity index (χ4n) is 3.74. The highest BCUT2D eigenvalue weighted by Gasteiger charge is 2.27. The summed E-state index contributed by atoms with van der Waals surface area (Å²) in [6, 6.07) is 17.6. The van der Waals surface area contributed by atoms with Crippen LogP contribution in [0.15, 0.2) is 54.6 Å². The monoisotopic (exact) mass is 433 g/mol. The van der Waals surface area contributed by atoms with E-state index in [1.54, 1.807) is 13.8 Å². The number of thiazole rings is 1. The minimum Gasteiger partial charge on any atom is -0.461 e. The summed E-state index contributed by atoms with van der Waals surface area (Å²) in [5.74, 6) is -0.718.